The largest absolute Gasteiger partial charge is 0.462 e. The summed E-state index contributed by atoms with van der Waals surface area (Å²) in [5.74, 6) is -0.665. The van der Waals surface area contributed by atoms with Gasteiger partial charge in [0, 0.05) is 10.7 Å². The molecule has 0 unspecified atom stereocenters. The van der Waals surface area contributed by atoms with Crippen molar-refractivity contribution in [3.63, 3.8) is 0 Å². The Bertz CT molecular complexity index is 434. The van der Waals surface area contributed by atoms with E-state index in [-0.39, 0.29) is 16.4 Å². The van der Waals surface area contributed by atoms with E-state index in [0.717, 1.165) is 11.3 Å². The molecule has 1 aromatic rings. The molecule has 0 aliphatic heterocycles. The summed E-state index contributed by atoms with van der Waals surface area (Å²) in [4.78, 5) is 11.1. The van der Waals surface area contributed by atoms with Crippen LogP contribution in [0.25, 0.3) is 0 Å². The average molecular weight is 255 g/mol. The van der Waals surface area contributed by atoms with Crippen molar-refractivity contribution in [3.05, 3.63) is 16.3 Å². The van der Waals surface area contributed by atoms with Crippen molar-refractivity contribution in [2.75, 3.05) is 6.61 Å². The predicted octanol–water partition coefficient (Wildman–Crippen LogP) is 1.85. The van der Waals surface area contributed by atoms with Crippen molar-refractivity contribution >= 4 is 37.0 Å². The van der Waals surface area contributed by atoms with Crippen molar-refractivity contribution in [1.82, 2.24) is 0 Å². The van der Waals surface area contributed by atoms with Crippen molar-refractivity contribution in [2.45, 2.75) is 11.8 Å². The van der Waals surface area contributed by atoms with Crippen LogP contribution in [0.4, 0.5) is 0 Å². The minimum absolute atomic E-state index is 0.0156. The van der Waals surface area contributed by atoms with Crippen molar-refractivity contribution < 1.29 is 17.9 Å². The zero-order chi connectivity index (χ0) is 10.8. The molecule has 0 bridgehead atoms. The minimum atomic E-state index is -3.87. The summed E-state index contributed by atoms with van der Waals surface area (Å²) in [5.41, 5.74) is 0. The summed E-state index contributed by atoms with van der Waals surface area (Å²) in [6.07, 6.45) is 0. The predicted molar refractivity (Wildman–Crippen MR) is 53.3 cm³/mol. The highest BCUT2D eigenvalue weighted by Gasteiger charge is 2.22. The molecular formula is C7H7ClO4S2. The van der Waals surface area contributed by atoms with E-state index in [9.17, 15) is 13.2 Å². The molecule has 14 heavy (non-hydrogen) atoms. The molecule has 1 heterocycles. The van der Waals surface area contributed by atoms with Crippen molar-refractivity contribution in [2.24, 2.45) is 0 Å². The van der Waals surface area contributed by atoms with E-state index in [1.807, 2.05) is 0 Å². The normalized spacial score (nSPS) is 11.3. The SMILES string of the molecule is CCOC(=O)c1sccc1S(=O)(=O)Cl. The van der Waals surface area contributed by atoms with Gasteiger partial charge in [0.15, 0.2) is 0 Å². The van der Waals surface area contributed by atoms with Gasteiger partial charge in [0.1, 0.15) is 9.77 Å². The van der Waals surface area contributed by atoms with Crippen LogP contribution in [0.2, 0.25) is 0 Å². The first-order valence-electron chi connectivity index (χ1n) is 3.66. The summed E-state index contributed by atoms with van der Waals surface area (Å²) in [6.45, 7) is 1.83. The van der Waals surface area contributed by atoms with Crippen LogP contribution < -0.4 is 0 Å². The van der Waals surface area contributed by atoms with Gasteiger partial charge in [-0.15, -0.1) is 11.3 Å². The molecule has 0 aliphatic carbocycles. The van der Waals surface area contributed by atoms with Crippen LogP contribution in [-0.4, -0.2) is 21.0 Å². The fourth-order valence-corrected chi connectivity index (χ4v) is 3.13. The fourth-order valence-electron chi connectivity index (χ4n) is 0.835. The van der Waals surface area contributed by atoms with Crippen LogP contribution in [-0.2, 0) is 13.8 Å². The molecule has 1 rings (SSSR count). The van der Waals surface area contributed by atoms with Crippen LogP contribution >= 0.6 is 22.0 Å². The van der Waals surface area contributed by atoms with E-state index in [0.29, 0.717) is 0 Å². The van der Waals surface area contributed by atoms with Gasteiger partial charge in [0.2, 0.25) is 0 Å². The highest BCUT2D eigenvalue weighted by molar-refractivity contribution is 8.13. The van der Waals surface area contributed by atoms with E-state index in [1.165, 1.54) is 11.4 Å². The van der Waals surface area contributed by atoms with Gasteiger partial charge in [0.05, 0.1) is 6.61 Å². The highest BCUT2D eigenvalue weighted by Crippen LogP contribution is 2.25. The first kappa shape index (κ1) is 11.5. The number of halogens is 1. The Kier molecular flexibility index (Phi) is 3.52. The molecule has 1 aromatic heterocycles. The van der Waals surface area contributed by atoms with Crippen molar-refractivity contribution in [1.29, 1.82) is 0 Å². The van der Waals surface area contributed by atoms with Gasteiger partial charge < -0.3 is 4.74 Å². The highest BCUT2D eigenvalue weighted by atomic mass is 35.7. The number of carbonyl (C=O) groups is 1. The lowest BCUT2D eigenvalue weighted by Gasteiger charge is -2.00. The number of esters is 1. The molecule has 0 aromatic carbocycles. The standard InChI is InChI=1S/C7H7ClO4S2/c1-2-12-7(9)6-5(3-4-13-6)14(8,10)11/h3-4H,2H2,1H3. The molecule has 0 saturated heterocycles. The van der Waals surface area contributed by atoms with Crippen LogP contribution in [0.1, 0.15) is 16.6 Å². The maximum Gasteiger partial charge on any atom is 0.349 e. The molecule has 0 atom stereocenters. The number of hydrogen-bond acceptors (Lipinski definition) is 5. The molecule has 0 saturated carbocycles. The first-order valence-corrected chi connectivity index (χ1v) is 6.85. The Morgan fingerprint density at radius 1 is 1.64 bits per heavy atom. The fraction of sp³-hybridized carbons (Fsp3) is 0.286. The summed E-state index contributed by atoms with van der Waals surface area (Å²) in [5, 5.41) is 1.47. The Morgan fingerprint density at radius 2 is 2.29 bits per heavy atom. The molecule has 0 aliphatic rings. The third-order valence-corrected chi connectivity index (χ3v) is 3.74. The Hall–Kier alpha value is -0.590. The summed E-state index contributed by atoms with van der Waals surface area (Å²) in [7, 11) is 1.25. The lowest BCUT2D eigenvalue weighted by Crippen LogP contribution is -2.06. The van der Waals surface area contributed by atoms with E-state index in [1.54, 1.807) is 6.92 Å². The second-order valence-corrected chi connectivity index (χ2v) is 5.72. The van der Waals surface area contributed by atoms with Crippen molar-refractivity contribution in [3.8, 4) is 0 Å². The molecular weight excluding hydrogens is 248 g/mol. The van der Waals surface area contributed by atoms with Gasteiger partial charge >= 0.3 is 5.97 Å². The minimum Gasteiger partial charge on any atom is -0.462 e. The van der Waals surface area contributed by atoms with Gasteiger partial charge in [-0.05, 0) is 18.4 Å². The number of carbonyl (C=O) groups excluding carboxylic acids is 1. The first-order chi connectivity index (χ1) is 6.46. The van der Waals surface area contributed by atoms with Crippen LogP contribution in [0.15, 0.2) is 16.3 Å². The number of ether oxygens (including phenoxy) is 1. The lowest BCUT2D eigenvalue weighted by atomic mass is 10.5. The van der Waals surface area contributed by atoms with Gasteiger partial charge in [-0.1, -0.05) is 0 Å². The molecule has 7 heteroatoms. The van der Waals surface area contributed by atoms with Gasteiger partial charge in [-0.25, -0.2) is 13.2 Å². The van der Waals surface area contributed by atoms with E-state index >= 15 is 0 Å². The van der Waals surface area contributed by atoms with Gasteiger partial charge in [0.25, 0.3) is 9.05 Å². The smallest absolute Gasteiger partial charge is 0.349 e. The summed E-state index contributed by atoms with van der Waals surface area (Å²) >= 11 is 0.986. The maximum atomic E-state index is 11.2. The lowest BCUT2D eigenvalue weighted by molar-refractivity contribution is 0.0528. The third-order valence-electron chi connectivity index (χ3n) is 1.35. The maximum absolute atomic E-state index is 11.2. The van der Waals surface area contributed by atoms with Crippen LogP contribution in [0.3, 0.4) is 0 Å². The summed E-state index contributed by atoms with van der Waals surface area (Å²) in [6, 6.07) is 1.28. The number of rotatable bonds is 3. The summed E-state index contributed by atoms with van der Waals surface area (Å²) < 4.78 is 26.6. The van der Waals surface area contributed by atoms with E-state index in [2.05, 4.69) is 4.74 Å². The van der Waals surface area contributed by atoms with Gasteiger partial charge in [-0.3, -0.25) is 0 Å². The molecule has 0 amide bonds. The number of hydrogen-bond donors (Lipinski definition) is 0. The monoisotopic (exact) mass is 254 g/mol. The molecule has 0 radical (unpaired) electrons. The Morgan fingerprint density at radius 3 is 2.79 bits per heavy atom. The van der Waals surface area contributed by atoms with Crippen LogP contribution in [0.5, 0.6) is 0 Å². The molecule has 0 spiro atoms. The number of thiophene rings is 1. The molecule has 0 fully saturated rings. The van der Waals surface area contributed by atoms with E-state index < -0.39 is 15.0 Å². The molecule has 78 valence electrons. The van der Waals surface area contributed by atoms with Gasteiger partial charge in [-0.2, -0.15) is 0 Å². The molecule has 4 nitrogen and oxygen atoms in total. The second kappa shape index (κ2) is 4.29. The topological polar surface area (TPSA) is 60.4 Å². The Labute approximate surface area is 89.9 Å². The quantitative estimate of drug-likeness (QED) is 0.610. The van der Waals surface area contributed by atoms with Crippen LogP contribution in [0, 0.1) is 0 Å². The average Bonchev–Trinajstić information content (AvgIpc) is 2.50. The van der Waals surface area contributed by atoms with E-state index in [4.69, 9.17) is 10.7 Å². The third kappa shape index (κ3) is 2.46. The zero-order valence-electron chi connectivity index (χ0n) is 7.19. The Balaban J connectivity index is 3.12. The zero-order valence-corrected chi connectivity index (χ0v) is 9.58. The second-order valence-electron chi connectivity index (χ2n) is 2.27. The molecule has 0 N–H and O–H groups in total.